The molecule has 0 unspecified atom stereocenters. The van der Waals surface area contributed by atoms with Gasteiger partial charge < -0.3 is 15.1 Å². The normalized spacial score (nSPS) is 26.1. The number of piperidine rings is 2. The lowest BCUT2D eigenvalue weighted by atomic mass is 9.73. The molecule has 1 aromatic carbocycles. The highest BCUT2D eigenvalue weighted by molar-refractivity contribution is 5.95. The Morgan fingerprint density at radius 3 is 2.67 bits per heavy atom. The third kappa shape index (κ3) is 4.41. The quantitative estimate of drug-likeness (QED) is 0.749. The van der Waals surface area contributed by atoms with Gasteiger partial charge in [0.2, 0.25) is 0 Å². The van der Waals surface area contributed by atoms with E-state index in [1.165, 1.54) is 12.8 Å². The van der Waals surface area contributed by atoms with Gasteiger partial charge in [-0.1, -0.05) is 0 Å². The lowest BCUT2D eigenvalue weighted by molar-refractivity contribution is -0.180. The zero-order chi connectivity index (χ0) is 23.1. The fraction of sp³-hybridized carbons (Fsp3) is 0.600. The number of nitrogens with one attached hydrogen (secondary N) is 1. The van der Waals surface area contributed by atoms with E-state index in [1.807, 2.05) is 11.0 Å². The molecule has 3 fully saturated rings. The number of pyridine rings is 1. The molecule has 3 saturated heterocycles. The van der Waals surface area contributed by atoms with E-state index in [9.17, 15) is 18.4 Å². The van der Waals surface area contributed by atoms with Crippen LogP contribution in [0.4, 0.5) is 18.9 Å². The fourth-order valence-electron chi connectivity index (χ4n) is 6.15. The van der Waals surface area contributed by atoms with Crippen LogP contribution in [0.15, 0.2) is 30.5 Å². The van der Waals surface area contributed by atoms with Crippen molar-refractivity contribution >= 4 is 16.6 Å². The van der Waals surface area contributed by atoms with Gasteiger partial charge >= 0.3 is 6.18 Å². The molecular formula is C25H30F3N5. The number of hydrogen-bond acceptors (Lipinski definition) is 5. The van der Waals surface area contributed by atoms with E-state index in [-0.39, 0.29) is 6.54 Å². The largest absolute Gasteiger partial charge is 0.393 e. The highest BCUT2D eigenvalue weighted by atomic mass is 19.4. The summed E-state index contributed by atoms with van der Waals surface area (Å²) in [6.07, 6.45) is 1.95. The first-order valence-corrected chi connectivity index (χ1v) is 11.9. The van der Waals surface area contributed by atoms with Crippen LogP contribution in [0.2, 0.25) is 0 Å². The number of benzene rings is 1. The lowest BCUT2D eigenvalue weighted by Gasteiger charge is -2.45. The summed E-state index contributed by atoms with van der Waals surface area (Å²) < 4.78 is 42.2. The van der Waals surface area contributed by atoms with Gasteiger partial charge in [-0.15, -0.1) is 0 Å². The molecule has 0 aliphatic carbocycles. The number of alkyl halides is 3. The predicted molar refractivity (Wildman–Crippen MR) is 122 cm³/mol. The van der Waals surface area contributed by atoms with Crippen molar-refractivity contribution in [3.05, 3.63) is 36.0 Å². The van der Waals surface area contributed by atoms with Gasteiger partial charge in [0.05, 0.1) is 17.0 Å². The number of aromatic nitrogens is 1. The molecule has 33 heavy (non-hydrogen) atoms. The summed E-state index contributed by atoms with van der Waals surface area (Å²) in [5, 5.41) is 13.6. The number of rotatable bonds is 3. The molecule has 4 heterocycles. The molecule has 0 bridgehead atoms. The fourth-order valence-corrected chi connectivity index (χ4v) is 6.15. The Morgan fingerprint density at radius 1 is 1.15 bits per heavy atom. The molecule has 3 aliphatic heterocycles. The van der Waals surface area contributed by atoms with Crippen molar-refractivity contribution in [2.75, 3.05) is 50.7 Å². The van der Waals surface area contributed by atoms with Gasteiger partial charge in [-0.2, -0.15) is 18.4 Å². The van der Waals surface area contributed by atoms with E-state index in [4.69, 9.17) is 0 Å². The van der Waals surface area contributed by atoms with Gasteiger partial charge in [0.25, 0.3) is 0 Å². The van der Waals surface area contributed by atoms with Gasteiger partial charge in [-0.3, -0.25) is 4.98 Å². The molecule has 0 radical (unpaired) electrons. The van der Waals surface area contributed by atoms with Gasteiger partial charge in [0, 0.05) is 49.4 Å². The molecule has 1 aromatic heterocycles. The van der Waals surface area contributed by atoms with Crippen LogP contribution in [0.5, 0.6) is 0 Å². The van der Waals surface area contributed by atoms with E-state index in [0.29, 0.717) is 29.6 Å². The molecule has 0 saturated carbocycles. The van der Waals surface area contributed by atoms with Crippen molar-refractivity contribution in [2.45, 2.75) is 31.9 Å². The number of halogens is 3. The third-order valence-electron chi connectivity index (χ3n) is 8.04. The Kier molecular flexibility index (Phi) is 5.96. The number of fused-ring (bicyclic) bond motifs is 1. The van der Waals surface area contributed by atoms with Gasteiger partial charge in [0.15, 0.2) is 0 Å². The molecule has 0 amide bonds. The average Bonchev–Trinajstić information content (AvgIpc) is 3.25. The summed E-state index contributed by atoms with van der Waals surface area (Å²) in [6.45, 7) is 4.68. The molecular weight excluding hydrogens is 427 g/mol. The Morgan fingerprint density at radius 2 is 1.97 bits per heavy atom. The van der Waals surface area contributed by atoms with Crippen molar-refractivity contribution in [1.82, 2.24) is 15.2 Å². The second-order valence-corrected chi connectivity index (χ2v) is 10.0. The van der Waals surface area contributed by atoms with Crippen LogP contribution in [0.3, 0.4) is 0 Å². The zero-order valence-electron chi connectivity index (χ0n) is 18.7. The molecule has 1 spiro atoms. The molecule has 5 rings (SSSR count). The highest BCUT2D eigenvalue weighted by Gasteiger charge is 2.50. The summed E-state index contributed by atoms with van der Waals surface area (Å²) in [6, 6.07) is 9.20. The first-order chi connectivity index (χ1) is 15.9. The van der Waals surface area contributed by atoms with Crippen LogP contribution in [0, 0.1) is 28.6 Å². The molecule has 5 nitrogen and oxygen atoms in total. The van der Waals surface area contributed by atoms with E-state index in [2.05, 4.69) is 21.3 Å². The maximum atomic E-state index is 14.1. The van der Waals surface area contributed by atoms with E-state index in [0.717, 1.165) is 50.1 Å². The van der Waals surface area contributed by atoms with Crippen LogP contribution in [-0.2, 0) is 0 Å². The number of anilines is 1. The SMILES string of the molecule is N#Cc1ccc(N2C[C@H](CN3CCC4(CCCNC4)CC3)[C@@H](C(F)(F)F)C2)c2cccnc12. The summed E-state index contributed by atoms with van der Waals surface area (Å²) >= 11 is 0. The predicted octanol–water partition coefficient (Wildman–Crippen LogP) is 4.19. The highest BCUT2D eigenvalue weighted by Crippen LogP contribution is 2.43. The Hall–Kier alpha value is -2.37. The maximum absolute atomic E-state index is 14.1. The Labute approximate surface area is 192 Å². The molecule has 176 valence electrons. The number of hydrogen-bond donors (Lipinski definition) is 1. The topological polar surface area (TPSA) is 55.2 Å². The Bertz CT molecular complexity index is 1030. The van der Waals surface area contributed by atoms with E-state index >= 15 is 0 Å². The summed E-state index contributed by atoms with van der Waals surface area (Å²) in [5.74, 6) is -1.82. The summed E-state index contributed by atoms with van der Waals surface area (Å²) in [5.41, 5.74) is 2.07. The molecule has 8 heteroatoms. The minimum absolute atomic E-state index is 0.0498. The second-order valence-electron chi connectivity index (χ2n) is 10.0. The molecule has 1 N–H and O–H groups in total. The van der Waals surface area contributed by atoms with Crippen molar-refractivity contribution in [3.63, 3.8) is 0 Å². The van der Waals surface area contributed by atoms with Crippen LogP contribution < -0.4 is 10.2 Å². The van der Waals surface area contributed by atoms with Gasteiger partial charge in [0.1, 0.15) is 6.07 Å². The monoisotopic (exact) mass is 457 g/mol. The zero-order valence-corrected chi connectivity index (χ0v) is 18.7. The van der Waals surface area contributed by atoms with Crippen LogP contribution in [0.25, 0.3) is 10.9 Å². The number of likely N-dealkylation sites (tertiary alicyclic amines) is 1. The second kappa shape index (κ2) is 8.77. The molecule has 3 aliphatic rings. The van der Waals surface area contributed by atoms with Crippen LogP contribution in [0.1, 0.15) is 31.2 Å². The standard InChI is InChI=1S/C25H30F3N5/c26-25(27,28)21-16-33(22-5-4-18(13-29)23-20(22)3-1-10-31-23)15-19(21)14-32-11-7-24(8-12-32)6-2-9-30-17-24/h1,3-5,10,19,21,30H,2,6-9,11-12,14-17H2/t19-,21-/m0/s1. The van der Waals surface area contributed by atoms with Crippen LogP contribution in [-0.4, -0.2) is 61.9 Å². The molecule has 2 aromatic rings. The van der Waals surface area contributed by atoms with Crippen molar-refractivity contribution < 1.29 is 13.2 Å². The number of nitriles is 1. The van der Waals surface area contributed by atoms with Gasteiger partial charge in [-0.25, -0.2) is 0 Å². The lowest BCUT2D eigenvalue weighted by Crippen LogP contribution is -2.49. The number of nitrogens with zero attached hydrogens (tertiary/aromatic N) is 4. The van der Waals surface area contributed by atoms with Crippen molar-refractivity contribution in [3.8, 4) is 6.07 Å². The average molecular weight is 458 g/mol. The maximum Gasteiger partial charge on any atom is 0.393 e. The van der Waals surface area contributed by atoms with E-state index < -0.39 is 18.0 Å². The Balaban J connectivity index is 1.34. The summed E-state index contributed by atoms with van der Waals surface area (Å²) in [7, 11) is 0. The van der Waals surface area contributed by atoms with Crippen molar-refractivity contribution in [1.29, 1.82) is 5.26 Å². The van der Waals surface area contributed by atoms with E-state index in [1.54, 1.807) is 24.4 Å². The minimum atomic E-state index is -4.23. The third-order valence-corrected chi connectivity index (χ3v) is 8.04. The van der Waals surface area contributed by atoms with Crippen molar-refractivity contribution in [2.24, 2.45) is 17.3 Å². The van der Waals surface area contributed by atoms with Crippen LogP contribution >= 0.6 is 0 Å². The molecule has 2 atom stereocenters. The first-order valence-electron chi connectivity index (χ1n) is 11.9. The first kappa shape index (κ1) is 22.4. The van der Waals surface area contributed by atoms with Gasteiger partial charge in [-0.05, 0) is 75.0 Å². The summed E-state index contributed by atoms with van der Waals surface area (Å²) in [4.78, 5) is 8.43. The smallest absolute Gasteiger partial charge is 0.370 e. The minimum Gasteiger partial charge on any atom is -0.370 e.